The van der Waals surface area contributed by atoms with E-state index in [1.165, 1.54) is 25.2 Å². The first-order valence-electron chi connectivity index (χ1n) is 15.5. The SMILES string of the molecule is COCC(COC)N(C(=O)C1CCC(C)CC1)c1cc(F)c(Oc2ccc(CCc3cccc(C)n3)cc2C(F)(F)F)cc1C(=O)O. The predicted molar refractivity (Wildman–Crippen MR) is 167 cm³/mol. The van der Waals surface area contributed by atoms with Crippen molar-refractivity contribution < 1.29 is 46.5 Å². The Morgan fingerprint density at radius 2 is 1.66 bits per heavy atom. The van der Waals surface area contributed by atoms with Gasteiger partial charge in [-0.2, -0.15) is 13.2 Å². The number of carboxylic acids is 1. The molecule has 0 aliphatic heterocycles. The number of pyridine rings is 1. The number of aromatic nitrogens is 1. The average molecular weight is 661 g/mol. The molecule has 1 saturated carbocycles. The quantitative estimate of drug-likeness (QED) is 0.188. The number of methoxy groups -OCH3 is 2. The van der Waals surface area contributed by atoms with E-state index in [1.54, 1.807) is 6.07 Å². The molecule has 1 amide bonds. The molecule has 0 bridgehead atoms. The highest BCUT2D eigenvalue weighted by Gasteiger charge is 2.37. The maximum Gasteiger partial charge on any atom is 0.419 e. The third-order valence-corrected chi connectivity index (χ3v) is 8.41. The number of halogens is 4. The smallest absolute Gasteiger partial charge is 0.419 e. The van der Waals surface area contributed by atoms with Gasteiger partial charge in [0.25, 0.3) is 0 Å². The molecule has 1 N–H and O–H groups in total. The van der Waals surface area contributed by atoms with Crippen LogP contribution in [0.25, 0.3) is 0 Å². The Morgan fingerprint density at radius 1 is 0.979 bits per heavy atom. The second-order valence-corrected chi connectivity index (χ2v) is 12.0. The van der Waals surface area contributed by atoms with Crippen molar-refractivity contribution in [3.05, 3.63) is 82.4 Å². The van der Waals surface area contributed by atoms with Crippen LogP contribution in [0, 0.1) is 24.6 Å². The van der Waals surface area contributed by atoms with E-state index < -0.39 is 58.5 Å². The van der Waals surface area contributed by atoms with Crippen LogP contribution in [0.2, 0.25) is 0 Å². The monoisotopic (exact) mass is 660 g/mol. The number of aromatic carboxylic acids is 1. The van der Waals surface area contributed by atoms with Crippen LogP contribution in [0.1, 0.15) is 65.5 Å². The van der Waals surface area contributed by atoms with Crippen molar-refractivity contribution >= 4 is 17.6 Å². The number of benzene rings is 2. The summed E-state index contributed by atoms with van der Waals surface area (Å²) in [5.41, 5.74) is -0.0426. The molecule has 1 aromatic heterocycles. The molecule has 12 heteroatoms. The summed E-state index contributed by atoms with van der Waals surface area (Å²) in [6, 6.07) is 9.71. The maximum absolute atomic E-state index is 15.8. The van der Waals surface area contributed by atoms with Gasteiger partial charge in [-0.1, -0.05) is 19.1 Å². The molecule has 0 atom stereocenters. The lowest BCUT2D eigenvalue weighted by atomic mass is 9.82. The number of amides is 1. The van der Waals surface area contributed by atoms with Crippen LogP contribution in [0.4, 0.5) is 23.2 Å². The van der Waals surface area contributed by atoms with Gasteiger partial charge in [0.2, 0.25) is 5.91 Å². The van der Waals surface area contributed by atoms with Crippen LogP contribution in [0.3, 0.4) is 0 Å². The number of nitrogens with zero attached hydrogens (tertiary/aromatic N) is 2. The van der Waals surface area contributed by atoms with Gasteiger partial charge in [-0.15, -0.1) is 0 Å². The normalized spacial score (nSPS) is 16.7. The zero-order valence-electron chi connectivity index (χ0n) is 26.9. The van der Waals surface area contributed by atoms with Gasteiger partial charge in [0.15, 0.2) is 11.6 Å². The molecule has 0 saturated heterocycles. The number of hydrogen-bond donors (Lipinski definition) is 1. The highest BCUT2D eigenvalue weighted by Crippen LogP contribution is 2.41. The van der Waals surface area contributed by atoms with Gasteiger partial charge in [0, 0.05) is 43.7 Å². The van der Waals surface area contributed by atoms with Crippen molar-refractivity contribution in [3.63, 3.8) is 0 Å². The zero-order valence-corrected chi connectivity index (χ0v) is 26.9. The molecule has 8 nitrogen and oxygen atoms in total. The predicted octanol–water partition coefficient (Wildman–Crippen LogP) is 7.64. The lowest BCUT2D eigenvalue weighted by Crippen LogP contribution is -2.49. The first-order chi connectivity index (χ1) is 22.3. The molecule has 4 rings (SSSR count). The van der Waals surface area contributed by atoms with Crippen molar-refractivity contribution in [2.24, 2.45) is 11.8 Å². The van der Waals surface area contributed by atoms with Gasteiger partial charge >= 0.3 is 12.1 Å². The van der Waals surface area contributed by atoms with Gasteiger partial charge in [0.1, 0.15) is 5.75 Å². The van der Waals surface area contributed by atoms with E-state index in [9.17, 15) is 27.9 Å². The summed E-state index contributed by atoms with van der Waals surface area (Å²) >= 11 is 0. The number of aryl methyl sites for hydroxylation is 3. The molecule has 254 valence electrons. The van der Waals surface area contributed by atoms with E-state index in [4.69, 9.17) is 14.2 Å². The molecule has 0 radical (unpaired) electrons. The summed E-state index contributed by atoms with van der Waals surface area (Å²) in [6.45, 7) is 3.84. The molecule has 1 aliphatic carbocycles. The Bertz CT molecular complexity index is 1550. The molecule has 1 fully saturated rings. The van der Waals surface area contributed by atoms with Crippen LogP contribution in [-0.2, 0) is 33.3 Å². The number of carboxylic acid groups (broad SMARTS) is 1. The summed E-state index contributed by atoms with van der Waals surface area (Å²) in [5, 5.41) is 10.2. The van der Waals surface area contributed by atoms with Crippen LogP contribution in [-0.4, -0.2) is 55.4 Å². The first-order valence-corrected chi connectivity index (χ1v) is 15.5. The topological polar surface area (TPSA) is 98.2 Å². The summed E-state index contributed by atoms with van der Waals surface area (Å²) in [5.74, 6) is -4.49. The second kappa shape index (κ2) is 15.7. The standard InChI is InChI=1S/C35H40F4N2O6/c1-21-8-12-24(13-9-21)33(42)41(26(19-45-3)20-46-4)30-18-29(36)32(17-27(30)34(43)44)47-31-15-11-23(16-28(31)35(37,38)39)10-14-25-7-5-6-22(2)40-25/h5-7,11,15-18,21,24,26H,8-10,12-14,19-20H2,1-4H3,(H,43,44). The van der Waals surface area contributed by atoms with Gasteiger partial charge in [-0.05, 0) is 81.2 Å². The van der Waals surface area contributed by atoms with E-state index in [-0.39, 0.29) is 25.3 Å². The fourth-order valence-corrected chi connectivity index (χ4v) is 5.95. The number of anilines is 1. The van der Waals surface area contributed by atoms with Crippen LogP contribution in [0.5, 0.6) is 11.5 Å². The summed E-state index contributed by atoms with van der Waals surface area (Å²) in [7, 11) is 2.82. The Morgan fingerprint density at radius 3 is 2.26 bits per heavy atom. The molecular formula is C35H40F4N2O6. The van der Waals surface area contributed by atoms with Gasteiger partial charge in [-0.25, -0.2) is 9.18 Å². The Kier molecular flexibility index (Phi) is 12.0. The van der Waals surface area contributed by atoms with Gasteiger partial charge in [-0.3, -0.25) is 9.78 Å². The third kappa shape index (κ3) is 9.07. The summed E-state index contributed by atoms with van der Waals surface area (Å²) in [6.07, 6.45) is -1.42. The molecule has 0 unspecified atom stereocenters. The van der Waals surface area contributed by atoms with E-state index in [0.29, 0.717) is 30.7 Å². The lowest BCUT2D eigenvalue weighted by Gasteiger charge is -2.36. The number of alkyl halides is 3. The maximum atomic E-state index is 15.8. The molecular weight excluding hydrogens is 620 g/mol. The fraction of sp³-hybridized carbons (Fsp3) is 0.457. The lowest BCUT2D eigenvalue weighted by molar-refractivity contribution is -0.138. The van der Waals surface area contributed by atoms with Crippen LogP contribution < -0.4 is 9.64 Å². The summed E-state index contributed by atoms with van der Waals surface area (Å²) < 4.78 is 74.4. The minimum Gasteiger partial charge on any atom is -0.478 e. The Balaban J connectivity index is 1.71. The largest absolute Gasteiger partial charge is 0.478 e. The van der Waals surface area contributed by atoms with Crippen molar-refractivity contribution in [2.45, 2.75) is 64.6 Å². The van der Waals surface area contributed by atoms with Crippen molar-refractivity contribution in [1.29, 1.82) is 0 Å². The molecule has 1 aliphatic rings. The van der Waals surface area contributed by atoms with E-state index in [2.05, 4.69) is 11.9 Å². The number of rotatable bonds is 13. The molecule has 47 heavy (non-hydrogen) atoms. The summed E-state index contributed by atoms with van der Waals surface area (Å²) in [4.78, 5) is 32.1. The highest BCUT2D eigenvalue weighted by atomic mass is 19.4. The van der Waals surface area contributed by atoms with E-state index >= 15 is 4.39 Å². The number of ether oxygens (including phenoxy) is 3. The molecule has 1 heterocycles. The first kappa shape index (κ1) is 35.8. The average Bonchev–Trinajstić information content (AvgIpc) is 3.01. The zero-order chi connectivity index (χ0) is 34.3. The molecule has 3 aromatic rings. The van der Waals surface area contributed by atoms with E-state index in [1.807, 2.05) is 19.1 Å². The molecule has 0 spiro atoms. The second-order valence-electron chi connectivity index (χ2n) is 12.0. The van der Waals surface area contributed by atoms with Crippen molar-refractivity contribution in [1.82, 2.24) is 4.98 Å². The van der Waals surface area contributed by atoms with Crippen LogP contribution in [0.15, 0.2) is 48.5 Å². The van der Waals surface area contributed by atoms with Crippen molar-refractivity contribution in [2.75, 3.05) is 32.3 Å². The van der Waals surface area contributed by atoms with E-state index in [0.717, 1.165) is 48.5 Å². The van der Waals surface area contributed by atoms with Gasteiger partial charge in [0.05, 0.1) is 36.1 Å². The number of hydrogen-bond acceptors (Lipinski definition) is 6. The third-order valence-electron chi connectivity index (χ3n) is 8.41. The number of carbonyl (C=O) groups is 2. The van der Waals surface area contributed by atoms with Crippen molar-refractivity contribution in [3.8, 4) is 11.5 Å². The van der Waals surface area contributed by atoms with Crippen LogP contribution >= 0.6 is 0 Å². The Hall–Kier alpha value is -4.03. The Labute approximate surface area is 271 Å². The minimum atomic E-state index is -4.85. The molecule has 2 aromatic carbocycles. The highest BCUT2D eigenvalue weighted by molar-refractivity contribution is 6.03. The minimum absolute atomic E-state index is 0.0388. The van der Waals surface area contributed by atoms with Gasteiger partial charge < -0.3 is 24.2 Å². The fourth-order valence-electron chi connectivity index (χ4n) is 5.95. The number of carbonyl (C=O) groups excluding carboxylic acids is 1.